The number of rotatable bonds is 42. The number of carbonyl (C=O) groups is 6. The number of fused-ring (bicyclic) bond motifs is 2. The number of alkyl halides is 6. The van der Waals surface area contributed by atoms with Crippen LogP contribution in [0.1, 0.15) is 213 Å². The number of alkyl carbamates (subject to hydrolysis) is 2. The van der Waals surface area contributed by atoms with E-state index in [1.54, 1.807) is 121 Å². The maximum Gasteiger partial charge on any atom is 0.416 e. The van der Waals surface area contributed by atoms with Gasteiger partial charge in [0.2, 0.25) is 11.8 Å². The van der Waals surface area contributed by atoms with Crippen molar-refractivity contribution in [3.8, 4) is 11.5 Å². The lowest BCUT2D eigenvalue weighted by Crippen LogP contribution is -2.45. The molecular formula is C112H150F6N6O18Si3. The van der Waals surface area contributed by atoms with Gasteiger partial charge in [-0.1, -0.05) is 184 Å². The number of hydrogen-bond acceptors (Lipinski definition) is 20. The number of nitrogens with one attached hydrogen (secondary N) is 4. The predicted octanol–water partition coefficient (Wildman–Crippen LogP) is 25.1. The molecule has 6 aromatic carbocycles. The van der Waals surface area contributed by atoms with Gasteiger partial charge >= 0.3 is 36.5 Å². The quantitative estimate of drug-likeness (QED) is 0.00467. The lowest BCUT2D eigenvalue weighted by atomic mass is 9.89. The van der Waals surface area contributed by atoms with Crippen LogP contribution in [0.3, 0.4) is 0 Å². The normalized spacial score (nSPS) is 18.8. The van der Waals surface area contributed by atoms with E-state index in [4.69, 9.17) is 41.7 Å². The zero-order valence-electron chi connectivity index (χ0n) is 87.7. The number of aliphatic hydroxyl groups is 3. The molecule has 33 heteroatoms. The molecule has 24 nitrogen and oxygen atoms in total. The Hall–Kier alpha value is -10.9. The largest absolute Gasteiger partial charge is 0.491 e. The summed E-state index contributed by atoms with van der Waals surface area (Å²) >= 11 is 0. The van der Waals surface area contributed by atoms with Gasteiger partial charge in [-0.05, 0) is 259 Å². The van der Waals surface area contributed by atoms with Crippen LogP contribution in [0.5, 0.6) is 11.5 Å². The number of carbonyl (C=O) groups excluding carboxylic acids is 6. The fourth-order valence-electron chi connectivity index (χ4n) is 16.0. The van der Waals surface area contributed by atoms with Crippen molar-refractivity contribution in [2.75, 3.05) is 36.9 Å². The molecule has 0 saturated heterocycles. The van der Waals surface area contributed by atoms with Gasteiger partial charge in [0.05, 0.1) is 53.5 Å². The Morgan fingerprint density at radius 1 is 0.462 bits per heavy atom. The molecule has 4 amide bonds. The summed E-state index contributed by atoms with van der Waals surface area (Å²) in [7, 11) is -7.01. The van der Waals surface area contributed by atoms with Gasteiger partial charge in [0, 0.05) is 91.1 Å². The highest BCUT2D eigenvalue weighted by Crippen LogP contribution is 2.49. The van der Waals surface area contributed by atoms with Crippen LogP contribution in [0.25, 0.3) is 21.5 Å². The molecule has 2 aliphatic rings. The summed E-state index contributed by atoms with van der Waals surface area (Å²) in [5.41, 5.74) is 0.863. The Kier molecular flexibility index (Phi) is 41.9. The van der Waals surface area contributed by atoms with Crippen molar-refractivity contribution in [2.45, 2.75) is 308 Å². The van der Waals surface area contributed by atoms with Crippen molar-refractivity contribution in [2.24, 2.45) is 23.7 Å². The summed E-state index contributed by atoms with van der Waals surface area (Å²) in [5.74, 6) is -3.68. The summed E-state index contributed by atoms with van der Waals surface area (Å²) in [6.07, 6.45) is 13.0. The summed E-state index contributed by atoms with van der Waals surface area (Å²) < 4.78 is 135. The molecule has 0 bridgehead atoms. The molecule has 0 aliphatic heterocycles. The molecule has 2 aromatic heterocycles. The number of aromatic nitrogens is 2. The number of aliphatic hydroxyl groups excluding tert-OH is 3. The smallest absolute Gasteiger partial charge is 0.416 e. The highest BCUT2D eigenvalue weighted by atomic mass is 28.4. The predicted molar refractivity (Wildman–Crippen MR) is 562 cm³/mol. The molecule has 2 heterocycles. The van der Waals surface area contributed by atoms with Gasteiger partial charge in [-0.3, -0.25) is 29.1 Å². The molecule has 0 radical (unpaired) electrons. The van der Waals surface area contributed by atoms with Crippen LogP contribution in [0.15, 0.2) is 219 Å². The third-order valence-corrected chi connectivity index (χ3v) is 40.7. The van der Waals surface area contributed by atoms with Crippen molar-refractivity contribution in [3.63, 3.8) is 0 Å². The first-order valence-electron chi connectivity index (χ1n) is 49.8. The minimum absolute atomic E-state index is 0.0163. The third-order valence-electron chi connectivity index (χ3n) is 27.2. The van der Waals surface area contributed by atoms with Gasteiger partial charge in [-0.25, -0.2) is 9.59 Å². The SMILES string of the molecule is CC(C)(C)OC(=O)NCC(C(=O)Nc1ccc2cnccc2c1)c1ccc(COC(=O)CCC/C=C\CC2[C@@H](/C=C/[C@@H](O)COc3cccc(C(F)(F)F)c3)[C@H](O)C[C@@H]2O)cc1.CC(C)(C)OC(=O)NCC(C(=O)Nc1ccc2cnccc2c1)c1ccc(COC(=O)CCC/C=C\CC2[C@@H](O[Si](C)(C)C(C)(C)C)C[C@@H](O[Si](C)(C)C(C)(C)C)[C@@H]2/C=C/[C@H](COc2cccc(C(F)(F)F)c2)O[Si](C)(C)C(C)(C)C)cc1. The first-order chi connectivity index (χ1) is 67.7. The Bertz CT molecular complexity index is 5710. The van der Waals surface area contributed by atoms with Crippen molar-refractivity contribution in [1.29, 1.82) is 0 Å². The van der Waals surface area contributed by atoms with E-state index in [0.29, 0.717) is 73.0 Å². The van der Waals surface area contributed by atoms with E-state index in [-0.39, 0.29) is 139 Å². The van der Waals surface area contributed by atoms with Crippen molar-refractivity contribution >= 4 is 93.8 Å². The lowest BCUT2D eigenvalue weighted by Gasteiger charge is -2.40. The molecule has 10 rings (SSSR count). The number of amides is 4. The maximum atomic E-state index is 13.8. The molecule has 145 heavy (non-hydrogen) atoms. The van der Waals surface area contributed by atoms with Gasteiger partial charge in [0.25, 0.3) is 0 Å². The van der Waals surface area contributed by atoms with Gasteiger partial charge in [0.1, 0.15) is 55.2 Å². The fraction of sp³-hybridized carbons (Fsp3) is 0.500. The number of anilines is 2. The van der Waals surface area contributed by atoms with Crippen LogP contribution < -0.4 is 30.7 Å². The zero-order valence-corrected chi connectivity index (χ0v) is 90.7. The second kappa shape index (κ2) is 51.6. The Morgan fingerprint density at radius 2 is 0.883 bits per heavy atom. The fourth-order valence-corrected chi connectivity index (χ4v) is 20.0. The number of pyridine rings is 2. The molecule has 2 saturated carbocycles. The summed E-state index contributed by atoms with van der Waals surface area (Å²) in [6.45, 7) is 43.7. The standard InChI is InChI=1S/C65H96F3N3O9Si3.C47H54F3N3O9/c1-61(2,3)77-60(74)70-42-55(59(73)71-50-33-32-48-41-69-37-36-47(48)38-50)46-30-28-45(29-31-46)43-76-58(72)27-22-20-19-21-26-53-54(57(80-83(17,18)64(10,11)12)40-56(53)79-82(15,16)63(7,8)9)35-34-52(78-81(13,14)62(4,5)6)44-75-51-25-23-24-49(39-51)65(66,67)68;1-46(2,3)62-45(59)52-27-40(44(58)53-35-18-17-33-26-51-22-21-32(33)23-35)31-15-13-30(14-16-31)28-61-43(57)12-7-5-4-6-11-38-39(42(56)25-41(38)55)20-19-36(54)29-60-37-10-8-9-34(24-37)47(48,49)50/h19,21,23-25,28-39,41,52-57H,20,22,26-27,40,42-44H2,1-18H3,(H,70,74)(H,71,73);4,6,8-10,13-24,26,36,38-42,54-56H,5,7,11-12,25,27-29H2,1-3H3,(H,52,59)(H,53,58)/b21-19-,35-34+;6-4-,20-19+/t52-,53?,54-,55?,56+,57-;36-,38?,39-,40?,41+,42-/m11/s1. The average Bonchev–Trinajstić information content (AvgIpc) is 1.63. The molecule has 4 unspecified atom stereocenters. The molecule has 2 fully saturated rings. The zero-order chi connectivity index (χ0) is 107. The van der Waals surface area contributed by atoms with E-state index in [0.717, 1.165) is 51.4 Å². The van der Waals surface area contributed by atoms with Crippen LogP contribution in [0.4, 0.5) is 47.3 Å². The minimum Gasteiger partial charge on any atom is -0.491 e. The summed E-state index contributed by atoms with van der Waals surface area (Å²) in [5, 5.41) is 46.4. The second-order valence-corrected chi connectivity index (χ2v) is 58.3. The van der Waals surface area contributed by atoms with Crippen LogP contribution in [-0.2, 0) is 77.0 Å². The number of benzene rings is 6. The van der Waals surface area contributed by atoms with Crippen molar-refractivity contribution in [1.82, 2.24) is 20.6 Å². The monoisotopic (exact) mass is 2070 g/mol. The number of unbranched alkanes of at least 4 members (excludes halogenated alkanes) is 2. The highest BCUT2D eigenvalue weighted by molar-refractivity contribution is 6.75. The van der Waals surface area contributed by atoms with Gasteiger partial charge in [-0.15, -0.1) is 0 Å². The Balaban J connectivity index is 0.000000336. The molecule has 7 N–H and O–H groups in total. The Morgan fingerprint density at radius 3 is 1.31 bits per heavy atom. The van der Waals surface area contributed by atoms with E-state index in [2.05, 4.69) is 157 Å². The maximum absolute atomic E-state index is 13.8. The van der Waals surface area contributed by atoms with Crippen molar-refractivity contribution < 1.29 is 112 Å². The van der Waals surface area contributed by atoms with E-state index >= 15 is 0 Å². The first-order valence-corrected chi connectivity index (χ1v) is 58.5. The van der Waals surface area contributed by atoms with E-state index < -0.39 is 114 Å². The number of hydrogen-bond donors (Lipinski definition) is 7. The molecule has 8 aromatic rings. The minimum atomic E-state index is -4.52. The summed E-state index contributed by atoms with van der Waals surface area (Å²) in [4.78, 5) is 86.6. The van der Waals surface area contributed by atoms with E-state index in [9.17, 15) is 70.4 Å². The van der Waals surface area contributed by atoms with E-state index in [1.807, 2.05) is 66.7 Å². The van der Waals surface area contributed by atoms with Crippen molar-refractivity contribution in [3.05, 3.63) is 252 Å². The second-order valence-electron chi connectivity index (χ2n) is 44.1. The third kappa shape index (κ3) is 37.5. The number of allylic oxidation sites excluding steroid dienone is 4. The highest BCUT2D eigenvalue weighted by Gasteiger charge is 2.52. The van der Waals surface area contributed by atoms with Crippen LogP contribution >= 0.6 is 0 Å². The first kappa shape index (κ1) is 118. The van der Waals surface area contributed by atoms with Crippen LogP contribution in [0, 0.1) is 23.7 Å². The summed E-state index contributed by atoms with van der Waals surface area (Å²) in [6, 6.07) is 38.3. The number of ether oxygens (including phenoxy) is 6. The van der Waals surface area contributed by atoms with Gasteiger partial charge in [0.15, 0.2) is 25.0 Å². The van der Waals surface area contributed by atoms with Gasteiger partial charge < -0.3 is 78.3 Å². The van der Waals surface area contributed by atoms with Gasteiger partial charge in [-0.2, -0.15) is 26.3 Å². The van der Waals surface area contributed by atoms with Crippen LogP contribution in [-0.4, -0.2) is 160 Å². The molecule has 2 aliphatic carbocycles. The van der Waals surface area contributed by atoms with Crippen LogP contribution in [0.2, 0.25) is 54.4 Å². The number of halogens is 6. The number of nitrogens with zero attached hydrogens (tertiary/aromatic N) is 2. The average molecular weight is 2070 g/mol. The molecule has 790 valence electrons. The lowest BCUT2D eigenvalue weighted by molar-refractivity contribution is -0.145. The Labute approximate surface area is 853 Å². The number of esters is 2. The molecule has 0 spiro atoms. The molecule has 12 atom stereocenters. The molecular weight excluding hydrogens is 1920 g/mol. The topological polar surface area (TPSA) is 320 Å². The van der Waals surface area contributed by atoms with E-state index in [1.165, 1.54) is 24.3 Å².